The Hall–Kier alpha value is -1.34. The summed E-state index contributed by atoms with van der Waals surface area (Å²) in [4.78, 5) is 24.2. The molecule has 0 aliphatic heterocycles. The molecule has 0 aromatic heterocycles. The molecule has 8 atom stereocenters. The number of hydrogen-bond donors (Lipinski definition) is 4. The zero-order chi connectivity index (χ0) is 19.8. The first-order valence-corrected chi connectivity index (χ1v) is 9.76. The summed E-state index contributed by atoms with van der Waals surface area (Å²) in [6, 6.07) is 0. The van der Waals surface area contributed by atoms with Crippen molar-refractivity contribution in [3.63, 3.8) is 0 Å². The Morgan fingerprint density at radius 3 is 2.67 bits per heavy atom. The van der Waals surface area contributed by atoms with Crippen LogP contribution in [0.3, 0.4) is 0 Å². The predicted octanol–water partition coefficient (Wildman–Crippen LogP) is 0.528. The summed E-state index contributed by atoms with van der Waals surface area (Å²) in [6.07, 6.45) is 4.97. The van der Waals surface area contributed by atoms with E-state index in [1.54, 1.807) is 19.1 Å². The number of aliphatic hydroxyl groups excluding tert-OH is 3. The van der Waals surface area contributed by atoms with E-state index in [2.05, 4.69) is 0 Å². The zero-order valence-electron chi connectivity index (χ0n) is 15.8. The molecule has 0 saturated heterocycles. The van der Waals surface area contributed by atoms with E-state index in [-0.39, 0.29) is 36.4 Å². The van der Waals surface area contributed by atoms with Gasteiger partial charge in [0.25, 0.3) is 0 Å². The van der Waals surface area contributed by atoms with Crippen molar-refractivity contribution in [1.82, 2.24) is 0 Å². The average molecular weight is 376 g/mol. The molecule has 148 valence electrons. The highest BCUT2D eigenvalue weighted by Gasteiger charge is 2.71. The first-order chi connectivity index (χ1) is 12.6. The smallest absolute Gasteiger partial charge is 0.192 e. The van der Waals surface area contributed by atoms with Gasteiger partial charge in [0, 0.05) is 16.7 Å². The maximum Gasteiger partial charge on any atom is 0.192 e. The van der Waals surface area contributed by atoms with Crippen LogP contribution < -0.4 is 0 Å². The molecular weight excluding hydrogens is 348 g/mol. The SMILES string of the molecule is C[C@]12C=CC(=O)C=C1CC[C@@H]1C2[C@@H](O)C[C@@]2(C)C1CC(O)C2(O)C(=O)CO. The molecule has 6 nitrogen and oxygen atoms in total. The fourth-order valence-electron chi connectivity index (χ4n) is 6.96. The lowest BCUT2D eigenvalue weighted by molar-refractivity contribution is -0.190. The highest BCUT2D eigenvalue weighted by Crippen LogP contribution is 2.67. The summed E-state index contributed by atoms with van der Waals surface area (Å²) >= 11 is 0. The van der Waals surface area contributed by atoms with Crippen LogP contribution in [0, 0.1) is 28.6 Å². The minimum atomic E-state index is -2.05. The molecule has 0 bridgehead atoms. The fraction of sp³-hybridized carbons (Fsp3) is 0.714. The molecule has 4 aliphatic rings. The third-order valence-electron chi connectivity index (χ3n) is 8.28. The second-order valence-corrected chi connectivity index (χ2v) is 9.31. The van der Waals surface area contributed by atoms with Gasteiger partial charge in [-0.2, -0.15) is 0 Å². The zero-order valence-corrected chi connectivity index (χ0v) is 15.8. The van der Waals surface area contributed by atoms with Crippen molar-refractivity contribution in [2.24, 2.45) is 28.6 Å². The minimum Gasteiger partial charge on any atom is -0.393 e. The van der Waals surface area contributed by atoms with Gasteiger partial charge in [-0.3, -0.25) is 9.59 Å². The highest BCUT2D eigenvalue weighted by molar-refractivity contribution is 6.01. The van der Waals surface area contributed by atoms with E-state index in [1.807, 2.05) is 13.0 Å². The largest absolute Gasteiger partial charge is 0.393 e. The van der Waals surface area contributed by atoms with Crippen molar-refractivity contribution < 1.29 is 30.0 Å². The van der Waals surface area contributed by atoms with Crippen LogP contribution in [0.4, 0.5) is 0 Å². The number of aliphatic hydroxyl groups is 4. The Morgan fingerprint density at radius 2 is 2.00 bits per heavy atom. The van der Waals surface area contributed by atoms with Gasteiger partial charge >= 0.3 is 0 Å². The van der Waals surface area contributed by atoms with E-state index in [0.29, 0.717) is 0 Å². The van der Waals surface area contributed by atoms with Crippen LogP contribution in [0.2, 0.25) is 0 Å². The van der Waals surface area contributed by atoms with Crippen molar-refractivity contribution >= 4 is 11.6 Å². The van der Waals surface area contributed by atoms with Gasteiger partial charge in [0.1, 0.15) is 6.61 Å². The molecule has 4 aliphatic carbocycles. The van der Waals surface area contributed by atoms with E-state index in [4.69, 9.17) is 0 Å². The quantitative estimate of drug-likeness (QED) is 0.559. The molecule has 0 aromatic rings. The summed E-state index contributed by atoms with van der Waals surface area (Å²) in [5.41, 5.74) is -2.46. The molecule has 0 heterocycles. The van der Waals surface area contributed by atoms with Crippen LogP contribution in [-0.2, 0) is 9.59 Å². The van der Waals surface area contributed by atoms with Crippen molar-refractivity contribution in [3.05, 3.63) is 23.8 Å². The Morgan fingerprint density at radius 1 is 1.30 bits per heavy atom. The number of Topliss-reactive ketones (excluding diaryl/α,β-unsaturated/α-hetero) is 1. The number of allylic oxidation sites excluding steroid dienone is 4. The van der Waals surface area contributed by atoms with Crippen molar-refractivity contribution in [2.45, 2.75) is 57.3 Å². The molecule has 6 heteroatoms. The molecule has 27 heavy (non-hydrogen) atoms. The summed E-state index contributed by atoms with van der Waals surface area (Å²) in [7, 11) is 0. The predicted molar refractivity (Wildman–Crippen MR) is 96.4 cm³/mol. The van der Waals surface area contributed by atoms with Gasteiger partial charge in [0.05, 0.1) is 12.2 Å². The number of ketones is 2. The normalized spacial score (nSPS) is 51.3. The molecule has 0 spiro atoms. The molecule has 4 N–H and O–H groups in total. The Bertz CT molecular complexity index is 756. The van der Waals surface area contributed by atoms with Crippen molar-refractivity contribution in [1.29, 1.82) is 0 Å². The van der Waals surface area contributed by atoms with Crippen LogP contribution in [-0.4, -0.2) is 56.4 Å². The van der Waals surface area contributed by atoms with E-state index in [0.717, 1.165) is 18.4 Å². The first-order valence-electron chi connectivity index (χ1n) is 9.76. The van der Waals surface area contributed by atoms with Gasteiger partial charge in [-0.05, 0) is 49.7 Å². The van der Waals surface area contributed by atoms with Gasteiger partial charge in [-0.1, -0.05) is 25.5 Å². The van der Waals surface area contributed by atoms with Gasteiger partial charge in [0.2, 0.25) is 0 Å². The third kappa shape index (κ3) is 2.21. The lowest BCUT2D eigenvalue weighted by atomic mass is 9.46. The maximum absolute atomic E-state index is 12.4. The van der Waals surface area contributed by atoms with Gasteiger partial charge in [-0.15, -0.1) is 0 Å². The van der Waals surface area contributed by atoms with Crippen LogP contribution in [0.15, 0.2) is 23.8 Å². The Kier molecular flexibility index (Phi) is 4.10. The fourth-order valence-corrected chi connectivity index (χ4v) is 6.96. The Labute approximate surface area is 158 Å². The minimum absolute atomic E-state index is 0.00826. The number of carbonyl (C=O) groups is 2. The summed E-state index contributed by atoms with van der Waals surface area (Å²) < 4.78 is 0. The molecule has 0 aromatic carbocycles. The third-order valence-corrected chi connectivity index (χ3v) is 8.28. The second-order valence-electron chi connectivity index (χ2n) is 9.31. The lowest BCUT2D eigenvalue weighted by Crippen LogP contribution is -2.63. The molecule has 4 unspecified atom stereocenters. The van der Waals surface area contributed by atoms with E-state index in [1.165, 1.54) is 0 Å². The lowest BCUT2D eigenvalue weighted by Gasteiger charge is -2.59. The van der Waals surface area contributed by atoms with Gasteiger partial charge in [0.15, 0.2) is 17.2 Å². The summed E-state index contributed by atoms with van der Waals surface area (Å²) in [5.74, 6) is -1.09. The second kappa shape index (κ2) is 5.83. The first kappa shape index (κ1) is 19.0. The van der Waals surface area contributed by atoms with Crippen LogP contribution in [0.1, 0.15) is 39.5 Å². The number of hydrogen-bond acceptors (Lipinski definition) is 6. The van der Waals surface area contributed by atoms with Crippen LogP contribution in [0.25, 0.3) is 0 Å². The summed E-state index contributed by atoms with van der Waals surface area (Å²) in [5, 5.41) is 42.3. The van der Waals surface area contributed by atoms with E-state index < -0.39 is 41.0 Å². The van der Waals surface area contributed by atoms with E-state index in [9.17, 15) is 30.0 Å². The van der Waals surface area contributed by atoms with Crippen molar-refractivity contribution in [2.75, 3.05) is 6.61 Å². The average Bonchev–Trinajstić information content (AvgIpc) is 2.82. The number of carbonyl (C=O) groups excluding carboxylic acids is 2. The standard InChI is InChI=1S/C21H28O6/c1-19-6-5-12(23)7-11(19)3-4-13-14-8-16(25)21(27,17(26)10-22)20(14,2)9-15(24)18(13)19/h5-7,13-16,18,22,24-25,27H,3-4,8-10H2,1-2H3/t13-,14?,15-,16?,18?,19-,20-,21?/m0/s1. The van der Waals surface area contributed by atoms with E-state index >= 15 is 0 Å². The Balaban J connectivity index is 1.78. The molecule has 4 rings (SSSR count). The maximum atomic E-state index is 12.4. The number of rotatable bonds is 2. The highest BCUT2D eigenvalue weighted by atomic mass is 16.4. The summed E-state index contributed by atoms with van der Waals surface area (Å²) in [6.45, 7) is 2.96. The van der Waals surface area contributed by atoms with Crippen LogP contribution in [0.5, 0.6) is 0 Å². The van der Waals surface area contributed by atoms with Crippen molar-refractivity contribution in [3.8, 4) is 0 Å². The van der Waals surface area contributed by atoms with Gasteiger partial charge in [-0.25, -0.2) is 0 Å². The van der Waals surface area contributed by atoms with Gasteiger partial charge < -0.3 is 20.4 Å². The molecule has 3 fully saturated rings. The monoisotopic (exact) mass is 376 g/mol. The topological polar surface area (TPSA) is 115 Å². The van der Waals surface area contributed by atoms with Crippen LogP contribution >= 0.6 is 0 Å². The molecule has 0 radical (unpaired) electrons. The molecule has 3 saturated carbocycles. The molecular formula is C21H28O6. The number of fused-ring (bicyclic) bond motifs is 5. The molecule has 0 amide bonds.